The van der Waals surface area contributed by atoms with Gasteiger partial charge in [-0.15, -0.1) is 0 Å². The van der Waals surface area contributed by atoms with Crippen molar-refractivity contribution in [2.45, 2.75) is 116 Å². The first-order chi connectivity index (χ1) is 14.3. The Morgan fingerprint density at radius 3 is 1.67 bits per heavy atom. The van der Waals surface area contributed by atoms with E-state index in [1.54, 1.807) is 0 Å². The van der Waals surface area contributed by atoms with E-state index in [2.05, 4.69) is 28.1 Å². The highest BCUT2D eigenvalue weighted by molar-refractivity contribution is 7.44. The molecule has 0 heterocycles. The van der Waals surface area contributed by atoms with Gasteiger partial charge in [-0.3, -0.25) is 0 Å². The number of nitrogens with zero attached hydrogens (tertiary/aromatic N) is 1. The zero-order valence-corrected chi connectivity index (χ0v) is 21.9. The number of quaternary nitrogens is 1. The molecular formula is C25H54NO3P+2. The summed E-state index contributed by atoms with van der Waals surface area (Å²) in [4.78, 5) is 0. The van der Waals surface area contributed by atoms with E-state index >= 15 is 0 Å². The number of hydrogen-bond acceptors (Lipinski definition) is 3. The first kappa shape index (κ1) is 30.0. The minimum absolute atomic E-state index is 0.227. The van der Waals surface area contributed by atoms with Crippen LogP contribution in [-0.4, -0.2) is 68.4 Å². The Balaban J connectivity index is 3.43. The molecule has 0 radical (unpaired) electrons. The molecule has 1 unspecified atom stereocenters. The predicted octanol–water partition coefficient (Wildman–Crippen LogP) is 6.77. The van der Waals surface area contributed by atoms with Gasteiger partial charge in [-0.2, -0.15) is 0 Å². The Bertz CT molecular complexity index is 398. The number of ether oxygens (including phenoxy) is 1. The van der Waals surface area contributed by atoms with E-state index in [9.17, 15) is 9.67 Å². The van der Waals surface area contributed by atoms with Crippen LogP contribution in [0.25, 0.3) is 0 Å². The number of rotatable bonds is 22. The summed E-state index contributed by atoms with van der Waals surface area (Å²) < 4.78 is 18.7. The van der Waals surface area contributed by atoms with Crippen LogP contribution in [0.15, 0.2) is 0 Å². The molecule has 0 amide bonds. The topological polar surface area (TPSA) is 46.5 Å². The maximum absolute atomic E-state index is 12.1. The van der Waals surface area contributed by atoms with Gasteiger partial charge in [-0.1, -0.05) is 95.0 Å². The van der Waals surface area contributed by atoms with Crippen molar-refractivity contribution in [2.75, 3.05) is 46.6 Å². The molecule has 0 aliphatic heterocycles. The number of aliphatic hydroxyl groups excluding tert-OH is 1. The lowest BCUT2D eigenvalue weighted by molar-refractivity contribution is -0.867. The summed E-state index contributed by atoms with van der Waals surface area (Å²) in [5, 5.41) is 10.2. The van der Waals surface area contributed by atoms with Gasteiger partial charge >= 0.3 is 7.80 Å². The summed E-state index contributed by atoms with van der Waals surface area (Å²) in [6, 6.07) is 0. The van der Waals surface area contributed by atoms with Crippen LogP contribution in [0.4, 0.5) is 0 Å². The Morgan fingerprint density at radius 2 is 1.23 bits per heavy atom. The van der Waals surface area contributed by atoms with Gasteiger partial charge in [0.2, 0.25) is 0 Å². The maximum Gasteiger partial charge on any atom is 0.347 e. The van der Waals surface area contributed by atoms with Crippen molar-refractivity contribution in [2.24, 2.45) is 0 Å². The van der Waals surface area contributed by atoms with E-state index in [0.29, 0.717) is 18.9 Å². The van der Waals surface area contributed by atoms with Gasteiger partial charge in [0.15, 0.2) is 12.3 Å². The van der Waals surface area contributed by atoms with Gasteiger partial charge in [-0.05, 0) is 13.3 Å². The Morgan fingerprint density at radius 1 is 0.800 bits per heavy atom. The lowest BCUT2D eigenvalue weighted by Crippen LogP contribution is -2.37. The molecule has 0 aromatic carbocycles. The molecule has 180 valence electrons. The number of aliphatic hydroxyl groups is 1. The predicted molar refractivity (Wildman–Crippen MR) is 132 cm³/mol. The maximum atomic E-state index is 12.1. The first-order valence-electron chi connectivity index (χ1n) is 12.8. The summed E-state index contributed by atoms with van der Waals surface area (Å²) >= 11 is 0. The van der Waals surface area contributed by atoms with E-state index in [0.717, 1.165) is 17.4 Å². The van der Waals surface area contributed by atoms with E-state index in [1.165, 1.54) is 83.5 Å². The molecule has 0 aliphatic rings. The minimum Gasteiger partial charge on any atom is -0.386 e. The zero-order chi connectivity index (χ0) is 22.7. The first-order valence-corrected chi connectivity index (χ1v) is 14.4. The average Bonchev–Trinajstić information content (AvgIpc) is 2.68. The minimum atomic E-state index is -1.35. The molecule has 0 saturated carbocycles. The van der Waals surface area contributed by atoms with Crippen molar-refractivity contribution in [1.29, 1.82) is 0 Å². The smallest absolute Gasteiger partial charge is 0.347 e. The molecule has 0 spiro atoms. The van der Waals surface area contributed by atoms with E-state index in [1.807, 2.05) is 6.92 Å². The fourth-order valence-electron chi connectivity index (χ4n) is 3.54. The lowest BCUT2D eigenvalue weighted by atomic mass is 10.0. The fourth-order valence-corrected chi connectivity index (χ4v) is 5.26. The molecule has 0 aliphatic carbocycles. The van der Waals surface area contributed by atoms with Crippen molar-refractivity contribution >= 4 is 7.80 Å². The summed E-state index contributed by atoms with van der Waals surface area (Å²) in [5.41, 5.74) is 0. The van der Waals surface area contributed by atoms with Crippen molar-refractivity contribution < 1.29 is 18.9 Å². The highest BCUT2D eigenvalue weighted by Crippen LogP contribution is 2.23. The molecule has 1 N–H and O–H groups in total. The Hall–Kier alpha value is -0.0200. The molecule has 5 heteroatoms. The SMILES string of the molecule is CCCCCCCCCCCCCCCCO[C@@H](C)[C@H](O)C[P+](=O)CC[N+](C)(C)C. The molecule has 30 heavy (non-hydrogen) atoms. The molecule has 0 bridgehead atoms. The van der Waals surface area contributed by atoms with Crippen LogP contribution in [-0.2, 0) is 9.30 Å². The molecule has 0 fully saturated rings. The monoisotopic (exact) mass is 447 g/mol. The highest BCUT2D eigenvalue weighted by Gasteiger charge is 2.28. The summed E-state index contributed by atoms with van der Waals surface area (Å²) in [7, 11) is 4.95. The molecule has 0 saturated heterocycles. The summed E-state index contributed by atoms with van der Waals surface area (Å²) in [6.45, 7) is 5.75. The van der Waals surface area contributed by atoms with Gasteiger partial charge in [0.25, 0.3) is 0 Å². The van der Waals surface area contributed by atoms with Crippen LogP contribution in [0, 0.1) is 0 Å². The van der Waals surface area contributed by atoms with E-state index < -0.39 is 13.9 Å². The van der Waals surface area contributed by atoms with E-state index in [-0.39, 0.29) is 6.10 Å². The Labute approximate surface area is 189 Å². The van der Waals surface area contributed by atoms with Gasteiger partial charge in [0.05, 0.1) is 27.2 Å². The summed E-state index contributed by atoms with van der Waals surface area (Å²) in [6.07, 6.45) is 19.1. The van der Waals surface area contributed by atoms with Crippen LogP contribution in [0.3, 0.4) is 0 Å². The van der Waals surface area contributed by atoms with Crippen LogP contribution in [0.1, 0.15) is 104 Å². The van der Waals surface area contributed by atoms with Gasteiger partial charge in [0.1, 0.15) is 12.6 Å². The van der Waals surface area contributed by atoms with Crippen molar-refractivity contribution in [1.82, 2.24) is 0 Å². The van der Waals surface area contributed by atoms with Crippen LogP contribution >= 0.6 is 7.80 Å². The number of unbranched alkanes of at least 4 members (excludes halogenated alkanes) is 13. The van der Waals surface area contributed by atoms with Crippen molar-refractivity contribution in [3.8, 4) is 0 Å². The highest BCUT2D eigenvalue weighted by atomic mass is 31.1. The second-order valence-electron chi connectivity index (χ2n) is 10.1. The molecule has 0 aromatic rings. The molecule has 4 nitrogen and oxygen atoms in total. The molecule has 0 aromatic heterocycles. The van der Waals surface area contributed by atoms with Crippen LogP contribution in [0.5, 0.6) is 0 Å². The van der Waals surface area contributed by atoms with Gasteiger partial charge in [0, 0.05) is 6.61 Å². The van der Waals surface area contributed by atoms with Crippen molar-refractivity contribution in [3.63, 3.8) is 0 Å². The Kier molecular flexibility index (Phi) is 19.6. The molecule has 0 rings (SSSR count). The standard InChI is InChI=1S/C25H54NO3P/c1-6-7-8-9-10-11-12-13-14-15-16-17-18-19-21-29-24(2)25(27)23-30(28)22-20-26(3,4)5/h24-25,27H,6-23H2,1-5H3/q+2/t24-,25+/m0/s1. The number of hydrogen-bond donors (Lipinski definition) is 1. The van der Waals surface area contributed by atoms with Crippen molar-refractivity contribution in [3.05, 3.63) is 0 Å². The fraction of sp³-hybridized carbons (Fsp3) is 1.00. The van der Waals surface area contributed by atoms with Gasteiger partial charge < -0.3 is 14.3 Å². The van der Waals surface area contributed by atoms with Gasteiger partial charge in [-0.25, -0.2) is 0 Å². The second kappa shape index (κ2) is 19.6. The van der Waals surface area contributed by atoms with E-state index in [4.69, 9.17) is 4.74 Å². The van der Waals surface area contributed by atoms with Crippen LogP contribution in [0.2, 0.25) is 0 Å². The summed E-state index contributed by atoms with van der Waals surface area (Å²) in [5.74, 6) is 0. The third kappa shape index (κ3) is 21.2. The zero-order valence-electron chi connectivity index (χ0n) is 21.0. The third-order valence-electron chi connectivity index (χ3n) is 5.83. The molecular weight excluding hydrogens is 393 g/mol. The second-order valence-corrected chi connectivity index (χ2v) is 11.9. The normalized spacial score (nSPS) is 14.7. The lowest BCUT2D eigenvalue weighted by Gasteiger charge is -2.21. The average molecular weight is 448 g/mol. The molecule has 3 atom stereocenters. The largest absolute Gasteiger partial charge is 0.386 e. The third-order valence-corrected chi connectivity index (χ3v) is 7.31. The quantitative estimate of drug-likeness (QED) is 0.113. The van der Waals surface area contributed by atoms with Crippen LogP contribution < -0.4 is 0 Å².